The van der Waals surface area contributed by atoms with Crippen molar-refractivity contribution in [2.75, 3.05) is 13.2 Å². The summed E-state index contributed by atoms with van der Waals surface area (Å²) in [6.45, 7) is 10.9. The van der Waals surface area contributed by atoms with Gasteiger partial charge in [-0.3, -0.25) is 0 Å². The highest BCUT2D eigenvalue weighted by Crippen LogP contribution is 2.09. The number of nitrogens with one attached hydrogen (secondary N) is 1. The molecule has 0 aromatic heterocycles. The van der Waals surface area contributed by atoms with Crippen molar-refractivity contribution in [1.82, 2.24) is 5.32 Å². The predicted molar refractivity (Wildman–Crippen MR) is 81.2 cm³/mol. The van der Waals surface area contributed by atoms with E-state index in [-0.39, 0.29) is 0 Å². The molecule has 0 rings (SSSR count). The quantitative estimate of drug-likeness (QED) is 0.489. The molecule has 0 aromatic carbocycles. The topological polar surface area (TPSA) is 21.3 Å². The molecular formula is C16H35NO. The summed E-state index contributed by atoms with van der Waals surface area (Å²) >= 11 is 0. The van der Waals surface area contributed by atoms with Crippen LogP contribution in [0.5, 0.6) is 0 Å². The van der Waals surface area contributed by atoms with E-state index in [9.17, 15) is 0 Å². The van der Waals surface area contributed by atoms with Crippen molar-refractivity contribution in [2.45, 2.75) is 91.2 Å². The first-order valence-corrected chi connectivity index (χ1v) is 8.09. The van der Waals surface area contributed by atoms with Crippen molar-refractivity contribution in [1.29, 1.82) is 0 Å². The summed E-state index contributed by atoms with van der Waals surface area (Å²) in [5.41, 5.74) is 0. The number of ether oxygens (including phenoxy) is 1. The highest BCUT2D eigenvalue weighted by Gasteiger charge is 2.05. The third kappa shape index (κ3) is 11.0. The van der Waals surface area contributed by atoms with E-state index in [0.717, 1.165) is 13.2 Å². The zero-order valence-corrected chi connectivity index (χ0v) is 13.1. The van der Waals surface area contributed by atoms with Crippen LogP contribution in [0.4, 0.5) is 0 Å². The van der Waals surface area contributed by atoms with Gasteiger partial charge in [0.15, 0.2) is 0 Å². The Balaban J connectivity index is 3.35. The minimum atomic E-state index is 0.445. The zero-order valence-electron chi connectivity index (χ0n) is 13.1. The van der Waals surface area contributed by atoms with Crippen LogP contribution in [0.1, 0.15) is 79.1 Å². The summed E-state index contributed by atoms with van der Waals surface area (Å²) in [7, 11) is 0. The lowest BCUT2D eigenvalue weighted by molar-refractivity contribution is 0.0547. The van der Waals surface area contributed by atoms with Crippen molar-refractivity contribution in [2.24, 2.45) is 0 Å². The van der Waals surface area contributed by atoms with Gasteiger partial charge in [0.2, 0.25) is 0 Å². The van der Waals surface area contributed by atoms with Gasteiger partial charge in [0.05, 0.1) is 6.10 Å². The van der Waals surface area contributed by atoms with Crippen LogP contribution in [-0.2, 0) is 4.74 Å². The maximum absolute atomic E-state index is 5.87. The average molecular weight is 257 g/mol. The summed E-state index contributed by atoms with van der Waals surface area (Å²) in [5, 5.41) is 3.51. The van der Waals surface area contributed by atoms with E-state index in [4.69, 9.17) is 4.74 Å². The third-order valence-electron chi connectivity index (χ3n) is 3.55. The van der Waals surface area contributed by atoms with Crippen LogP contribution >= 0.6 is 0 Å². The molecule has 0 saturated heterocycles. The van der Waals surface area contributed by atoms with Gasteiger partial charge in [-0.05, 0) is 39.2 Å². The highest BCUT2D eigenvalue weighted by molar-refractivity contribution is 4.63. The lowest BCUT2D eigenvalue weighted by Crippen LogP contribution is -2.28. The van der Waals surface area contributed by atoms with E-state index < -0.39 is 0 Å². The molecule has 2 heteroatoms. The third-order valence-corrected chi connectivity index (χ3v) is 3.55. The molecule has 0 fully saturated rings. The van der Waals surface area contributed by atoms with Crippen molar-refractivity contribution in [3.05, 3.63) is 0 Å². The van der Waals surface area contributed by atoms with Gasteiger partial charge < -0.3 is 10.1 Å². The minimum Gasteiger partial charge on any atom is -0.379 e. The largest absolute Gasteiger partial charge is 0.379 e. The van der Waals surface area contributed by atoms with E-state index in [2.05, 4.69) is 33.0 Å². The second-order valence-electron chi connectivity index (χ2n) is 5.34. The van der Waals surface area contributed by atoms with Crippen LogP contribution < -0.4 is 5.32 Å². The first-order valence-electron chi connectivity index (χ1n) is 8.09. The van der Waals surface area contributed by atoms with Crippen molar-refractivity contribution in [3.63, 3.8) is 0 Å². The molecule has 0 heterocycles. The second-order valence-corrected chi connectivity index (χ2v) is 5.34. The smallest absolute Gasteiger partial charge is 0.0547 e. The molecule has 0 spiro atoms. The molecule has 0 aliphatic heterocycles. The van der Waals surface area contributed by atoms with Gasteiger partial charge in [0.25, 0.3) is 0 Å². The standard InChI is InChI=1S/C16H35NO/c1-5-8-9-10-12-15(4)18-14-11-13-16(6-2)17-7-3/h15-17H,5-14H2,1-4H3. The fourth-order valence-corrected chi connectivity index (χ4v) is 2.30. The molecular weight excluding hydrogens is 222 g/mol. The maximum atomic E-state index is 5.87. The van der Waals surface area contributed by atoms with Crippen molar-refractivity contribution < 1.29 is 4.74 Å². The number of hydrogen-bond donors (Lipinski definition) is 1. The zero-order chi connectivity index (χ0) is 13.6. The van der Waals surface area contributed by atoms with Gasteiger partial charge >= 0.3 is 0 Å². The van der Waals surface area contributed by atoms with Crippen LogP contribution in [0.25, 0.3) is 0 Å². The molecule has 0 saturated carbocycles. The van der Waals surface area contributed by atoms with Gasteiger partial charge in [-0.1, -0.05) is 46.5 Å². The summed E-state index contributed by atoms with van der Waals surface area (Å²) in [5.74, 6) is 0. The van der Waals surface area contributed by atoms with Crippen molar-refractivity contribution >= 4 is 0 Å². The van der Waals surface area contributed by atoms with Crippen LogP contribution in [0.15, 0.2) is 0 Å². The average Bonchev–Trinajstić information content (AvgIpc) is 2.38. The van der Waals surface area contributed by atoms with E-state index in [1.165, 1.54) is 51.4 Å². The van der Waals surface area contributed by atoms with Gasteiger partial charge in [0.1, 0.15) is 0 Å². The number of rotatable bonds is 13. The lowest BCUT2D eigenvalue weighted by atomic mass is 10.1. The number of hydrogen-bond acceptors (Lipinski definition) is 2. The van der Waals surface area contributed by atoms with Gasteiger partial charge in [-0.15, -0.1) is 0 Å². The van der Waals surface area contributed by atoms with Gasteiger partial charge in [-0.2, -0.15) is 0 Å². The Hall–Kier alpha value is -0.0800. The molecule has 2 atom stereocenters. The van der Waals surface area contributed by atoms with Crippen LogP contribution in [0.3, 0.4) is 0 Å². The van der Waals surface area contributed by atoms with E-state index >= 15 is 0 Å². The molecule has 0 radical (unpaired) electrons. The summed E-state index contributed by atoms with van der Waals surface area (Å²) in [4.78, 5) is 0. The molecule has 18 heavy (non-hydrogen) atoms. The summed E-state index contributed by atoms with van der Waals surface area (Å²) in [6, 6.07) is 0.679. The van der Waals surface area contributed by atoms with E-state index in [0.29, 0.717) is 12.1 Å². The van der Waals surface area contributed by atoms with Crippen LogP contribution in [0.2, 0.25) is 0 Å². The Morgan fingerprint density at radius 3 is 2.33 bits per heavy atom. The maximum Gasteiger partial charge on any atom is 0.0547 e. The van der Waals surface area contributed by atoms with Crippen LogP contribution in [0, 0.1) is 0 Å². The molecule has 2 nitrogen and oxygen atoms in total. The molecule has 0 bridgehead atoms. The fraction of sp³-hybridized carbons (Fsp3) is 1.00. The molecule has 0 aliphatic rings. The first kappa shape index (κ1) is 17.9. The normalized spacial score (nSPS) is 14.7. The van der Waals surface area contributed by atoms with Gasteiger partial charge in [0, 0.05) is 12.6 Å². The Labute approximate surface area is 115 Å². The highest BCUT2D eigenvalue weighted by atomic mass is 16.5. The predicted octanol–water partition coefficient (Wildman–Crippen LogP) is 4.53. The SMILES string of the molecule is CCCCCCC(C)OCCCC(CC)NCC. The van der Waals surface area contributed by atoms with Crippen molar-refractivity contribution in [3.8, 4) is 0 Å². The fourth-order valence-electron chi connectivity index (χ4n) is 2.30. The Bertz CT molecular complexity index is 161. The molecule has 0 aliphatic carbocycles. The summed E-state index contributed by atoms with van der Waals surface area (Å²) < 4.78 is 5.87. The lowest BCUT2D eigenvalue weighted by Gasteiger charge is -2.17. The van der Waals surface area contributed by atoms with E-state index in [1.54, 1.807) is 0 Å². The Morgan fingerprint density at radius 2 is 1.72 bits per heavy atom. The number of unbranched alkanes of at least 4 members (excludes halogenated alkanes) is 3. The minimum absolute atomic E-state index is 0.445. The summed E-state index contributed by atoms with van der Waals surface area (Å²) in [6.07, 6.45) is 10.7. The van der Waals surface area contributed by atoms with Gasteiger partial charge in [-0.25, -0.2) is 0 Å². The second kappa shape index (κ2) is 13.4. The molecule has 0 aromatic rings. The Kier molecular flexibility index (Phi) is 13.3. The molecule has 0 amide bonds. The Morgan fingerprint density at radius 1 is 0.944 bits per heavy atom. The van der Waals surface area contributed by atoms with E-state index in [1.807, 2.05) is 0 Å². The van der Waals surface area contributed by atoms with Crippen LogP contribution in [-0.4, -0.2) is 25.3 Å². The first-order chi connectivity index (χ1) is 8.74. The monoisotopic (exact) mass is 257 g/mol. The molecule has 110 valence electrons. The molecule has 2 unspecified atom stereocenters. The molecule has 1 N–H and O–H groups in total.